The van der Waals surface area contributed by atoms with E-state index in [-0.39, 0.29) is 5.41 Å². The number of ether oxygens (including phenoxy) is 1. The van der Waals surface area contributed by atoms with Crippen molar-refractivity contribution in [2.24, 2.45) is 0 Å². The average molecular weight is 400 g/mol. The Morgan fingerprint density at radius 1 is 1.11 bits per heavy atom. The maximum Gasteiger partial charge on any atom is 0.324 e. The number of urea groups is 1. The first-order chi connectivity index (χ1) is 13.3. The maximum atomic E-state index is 12.1. The fraction of sp³-hybridized carbons (Fsp3) is 0.238. The molecule has 146 valence electrons. The summed E-state index contributed by atoms with van der Waals surface area (Å²) in [5.41, 5.74) is 1.44. The number of carbonyl (C=O) groups excluding carboxylic acids is 1. The number of amides is 2. The van der Waals surface area contributed by atoms with Gasteiger partial charge in [0.05, 0.1) is 0 Å². The molecule has 0 radical (unpaired) electrons. The summed E-state index contributed by atoms with van der Waals surface area (Å²) in [6.07, 6.45) is 0. The second kappa shape index (κ2) is 8.35. The van der Waals surface area contributed by atoms with Gasteiger partial charge in [0.1, 0.15) is 18.1 Å². The van der Waals surface area contributed by atoms with Crippen LogP contribution in [0.1, 0.15) is 32.1 Å². The van der Waals surface area contributed by atoms with Gasteiger partial charge in [-0.3, -0.25) is 5.32 Å². The Morgan fingerprint density at radius 2 is 1.86 bits per heavy atom. The molecule has 0 bridgehead atoms. The van der Waals surface area contributed by atoms with Crippen LogP contribution in [-0.4, -0.2) is 11.2 Å². The normalized spacial score (nSPS) is 11.1. The summed E-state index contributed by atoms with van der Waals surface area (Å²) in [5, 5.41) is 9.93. The standard InChI is InChI=1S/C21H22ClN3O3/c1-21(2,3)18-12-19(25-28-18)24-20(26)23-16-7-9-17(10-8-16)27-13-14-5-4-6-15(22)11-14/h4-12H,13H2,1-3H3,(H2,23,24,25,26). The molecule has 2 N–H and O–H groups in total. The predicted octanol–water partition coefficient (Wildman–Crippen LogP) is 5.85. The third-order valence-electron chi connectivity index (χ3n) is 3.90. The molecule has 0 atom stereocenters. The molecular formula is C21H22ClN3O3. The van der Waals surface area contributed by atoms with Crippen LogP contribution in [0.3, 0.4) is 0 Å². The van der Waals surface area contributed by atoms with Gasteiger partial charge in [0.15, 0.2) is 5.82 Å². The molecule has 0 unspecified atom stereocenters. The lowest BCUT2D eigenvalue weighted by Gasteiger charge is -2.12. The lowest BCUT2D eigenvalue weighted by Crippen LogP contribution is -2.19. The number of benzene rings is 2. The zero-order valence-electron chi connectivity index (χ0n) is 16.0. The van der Waals surface area contributed by atoms with E-state index in [1.54, 1.807) is 30.3 Å². The molecule has 0 spiro atoms. The summed E-state index contributed by atoms with van der Waals surface area (Å²) in [6, 6.07) is 15.9. The minimum atomic E-state index is -0.402. The minimum Gasteiger partial charge on any atom is -0.489 e. The number of halogens is 1. The molecule has 0 saturated heterocycles. The smallest absolute Gasteiger partial charge is 0.324 e. The van der Waals surface area contributed by atoms with E-state index >= 15 is 0 Å². The third-order valence-corrected chi connectivity index (χ3v) is 4.13. The highest BCUT2D eigenvalue weighted by molar-refractivity contribution is 6.30. The zero-order valence-corrected chi connectivity index (χ0v) is 16.7. The van der Waals surface area contributed by atoms with Gasteiger partial charge in [0.2, 0.25) is 0 Å². The van der Waals surface area contributed by atoms with Crippen molar-refractivity contribution in [1.82, 2.24) is 5.16 Å². The topological polar surface area (TPSA) is 76.4 Å². The second-order valence-corrected chi connectivity index (χ2v) is 7.78. The molecule has 6 nitrogen and oxygen atoms in total. The molecule has 3 rings (SSSR count). The van der Waals surface area contributed by atoms with Gasteiger partial charge in [-0.1, -0.05) is 49.7 Å². The van der Waals surface area contributed by atoms with Crippen molar-refractivity contribution in [3.05, 3.63) is 70.9 Å². The highest BCUT2D eigenvalue weighted by atomic mass is 35.5. The van der Waals surface area contributed by atoms with Crippen molar-refractivity contribution in [2.45, 2.75) is 32.8 Å². The van der Waals surface area contributed by atoms with E-state index < -0.39 is 6.03 Å². The largest absolute Gasteiger partial charge is 0.489 e. The Labute approximate surface area is 168 Å². The van der Waals surface area contributed by atoms with Gasteiger partial charge < -0.3 is 14.6 Å². The monoisotopic (exact) mass is 399 g/mol. The second-order valence-electron chi connectivity index (χ2n) is 7.35. The third kappa shape index (κ3) is 5.50. The quantitative estimate of drug-likeness (QED) is 0.564. The van der Waals surface area contributed by atoms with E-state index in [1.165, 1.54) is 0 Å². The Balaban J connectivity index is 1.52. The molecule has 0 saturated carbocycles. The highest BCUT2D eigenvalue weighted by Crippen LogP contribution is 2.24. The Bertz CT molecular complexity index is 946. The van der Waals surface area contributed by atoms with Gasteiger partial charge in [-0.05, 0) is 42.0 Å². The van der Waals surface area contributed by atoms with Crippen LogP contribution in [0.15, 0.2) is 59.1 Å². The summed E-state index contributed by atoms with van der Waals surface area (Å²) < 4.78 is 11.0. The highest BCUT2D eigenvalue weighted by Gasteiger charge is 2.20. The Morgan fingerprint density at radius 3 is 2.50 bits per heavy atom. The molecule has 7 heteroatoms. The van der Waals surface area contributed by atoms with E-state index in [4.69, 9.17) is 20.9 Å². The number of nitrogens with zero attached hydrogens (tertiary/aromatic N) is 1. The predicted molar refractivity (Wildman–Crippen MR) is 110 cm³/mol. The van der Waals surface area contributed by atoms with Crippen LogP contribution < -0.4 is 15.4 Å². The van der Waals surface area contributed by atoms with Crippen LogP contribution in [-0.2, 0) is 12.0 Å². The fourth-order valence-corrected chi connectivity index (χ4v) is 2.61. The first-order valence-corrected chi connectivity index (χ1v) is 9.20. The fourth-order valence-electron chi connectivity index (χ4n) is 2.39. The van der Waals surface area contributed by atoms with Gasteiger partial charge in [0, 0.05) is 22.2 Å². The number of hydrogen-bond acceptors (Lipinski definition) is 4. The van der Waals surface area contributed by atoms with E-state index in [0.29, 0.717) is 34.6 Å². The number of rotatable bonds is 5. The molecule has 28 heavy (non-hydrogen) atoms. The van der Waals surface area contributed by atoms with Crippen LogP contribution in [0.25, 0.3) is 0 Å². The van der Waals surface area contributed by atoms with Crippen molar-refractivity contribution in [1.29, 1.82) is 0 Å². The van der Waals surface area contributed by atoms with Crippen molar-refractivity contribution >= 4 is 29.1 Å². The van der Waals surface area contributed by atoms with E-state index in [2.05, 4.69) is 15.8 Å². The maximum absolute atomic E-state index is 12.1. The molecule has 0 fully saturated rings. The summed E-state index contributed by atoms with van der Waals surface area (Å²) in [5.74, 6) is 1.75. The molecule has 0 aliphatic carbocycles. The first-order valence-electron chi connectivity index (χ1n) is 8.82. The summed E-state index contributed by atoms with van der Waals surface area (Å²) in [6.45, 7) is 6.43. The SMILES string of the molecule is CC(C)(C)c1cc(NC(=O)Nc2ccc(OCc3cccc(Cl)c3)cc2)no1. The molecule has 0 aliphatic rings. The number of carbonyl (C=O) groups is 1. The number of nitrogens with one attached hydrogen (secondary N) is 2. The first kappa shape index (κ1) is 19.8. The van der Waals surface area contributed by atoms with Crippen LogP contribution in [0.4, 0.5) is 16.3 Å². The Hall–Kier alpha value is -2.99. The number of aromatic nitrogens is 1. The van der Waals surface area contributed by atoms with Gasteiger partial charge in [-0.25, -0.2) is 4.79 Å². The molecule has 1 aromatic heterocycles. The minimum absolute atomic E-state index is 0.176. The molecule has 3 aromatic rings. The van der Waals surface area contributed by atoms with Crippen LogP contribution >= 0.6 is 11.6 Å². The average Bonchev–Trinajstić information content (AvgIpc) is 3.10. The van der Waals surface area contributed by atoms with Crippen molar-refractivity contribution < 1.29 is 14.1 Å². The lowest BCUT2D eigenvalue weighted by atomic mass is 9.93. The van der Waals surface area contributed by atoms with Crippen LogP contribution in [0.5, 0.6) is 5.75 Å². The van der Waals surface area contributed by atoms with Gasteiger partial charge in [-0.15, -0.1) is 0 Å². The lowest BCUT2D eigenvalue weighted by molar-refractivity contribution is 0.262. The summed E-state index contributed by atoms with van der Waals surface area (Å²) >= 11 is 5.97. The molecule has 1 heterocycles. The molecule has 2 amide bonds. The van der Waals surface area contributed by atoms with Crippen LogP contribution in [0, 0.1) is 0 Å². The van der Waals surface area contributed by atoms with Gasteiger partial charge in [0.25, 0.3) is 0 Å². The number of anilines is 2. The van der Waals surface area contributed by atoms with Crippen molar-refractivity contribution in [3.8, 4) is 5.75 Å². The molecular weight excluding hydrogens is 378 g/mol. The van der Waals surface area contributed by atoms with Crippen LogP contribution in [0.2, 0.25) is 5.02 Å². The van der Waals surface area contributed by atoms with Crippen molar-refractivity contribution in [3.63, 3.8) is 0 Å². The number of hydrogen-bond donors (Lipinski definition) is 2. The zero-order chi connectivity index (χ0) is 20.1. The molecule has 0 aliphatic heterocycles. The van der Waals surface area contributed by atoms with E-state index in [0.717, 1.165) is 5.56 Å². The van der Waals surface area contributed by atoms with Gasteiger partial charge in [-0.2, -0.15) is 0 Å². The van der Waals surface area contributed by atoms with Crippen molar-refractivity contribution in [2.75, 3.05) is 10.6 Å². The molecule has 2 aromatic carbocycles. The Kier molecular flexibility index (Phi) is 5.90. The van der Waals surface area contributed by atoms with Gasteiger partial charge >= 0.3 is 6.03 Å². The summed E-state index contributed by atoms with van der Waals surface area (Å²) in [7, 11) is 0. The van der Waals surface area contributed by atoms with E-state index in [1.807, 2.05) is 45.0 Å². The summed E-state index contributed by atoms with van der Waals surface area (Å²) in [4.78, 5) is 12.1. The van der Waals surface area contributed by atoms with E-state index in [9.17, 15) is 4.79 Å².